The molecule has 1 aromatic carbocycles. The molecule has 0 saturated carbocycles. The van der Waals surface area contributed by atoms with Gasteiger partial charge in [-0.25, -0.2) is 0 Å². The molecule has 1 aromatic heterocycles. The molecule has 3 rings (SSSR count). The summed E-state index contributed by atoms with van der Waals surface area (Å²) < 4.78 is 0.675. The van der Waals surface area contributed by atoms with Crippen LogP contribution in [-0.2, 0) is 0 Å². The average molecular weight is 224 g/mol. The van der Waals surface area contributed by atoms with Crippen LogP contribution in [0.5, 0.6) is 0 Å². The predicted octanol–water partition coefficient (Wildman–Crippen LogP) is 1.91. The Kier molecular flexibility index (Phi) is 2.01. The first-order valence-electron chi connectivity index (χ1n) is 5.17. The van der Waals surface area contributed by atoms with Crippen molar-refractivity contribution in [1.29, 1.82) is 0 Å². The second-order valence-corrected chi connectivity index (χ2v) is 3.73. The molecular weight excluding hydrogens is 216 g/mol. The van der Waals surface area contributed by atoms with E-state index in [2.05, 4.69) is 4.98 Å². The maximum Gasteiger partial charge on any atom is 0.274 e. The number of fused-ring (bicyclic) bond motifs is 1. The number of pyridine rings is 1. The number of carbonyl (C=O) groups is 1. The highest BCUT2D eigenvalue weighted by Crippen LogP contribution is 2.27. The summed E-state index contributed by atoms with van der Waals surface area (Å²) in [5.74, 6) is -0.247. The quantitative estimate of drug-likeness (QED) is 0.549. The molecule has 0 atom stereocenters. The SMILES string of the molecule is O=C1C(c2cccnc2)=[N+]([O-])c2ccccc21. The van der Waals surface area contributed by atoms with Crippen molar-refractivity contribution in [3.8, 4) is 0 Å². The van der Waals surface area contributed by atoms with Gasteiger partial charge in [-0.1, -0.05) is 12.1 Å². The molecule has 0 bridgehead atoms. The molecule has 0 amide bonds. The maximum atomic E-state index is 12.1. The van der Waals surface area contributed by atoms with Crippen molar-refractivity contribution in [3.05, 3.63) is 65.1 Å². The molecule has 0 aliphatic carbocycles. The van der Waals surface area contributed by atoms with E-state index in [0.717, 1.165) is 0 Å². The Morgan fingerprint density at radius 1 is 1.12 bits per heavy atom. The van der Waals surface area contributed by atoms with Crippen molar-refractivity contribution in [2.75, 3.05) is 0 Å². The summed E-state index contributed by atoms with van der Waals surface area (Å²) in [5, 5.41) is 12.0. The van der Waals surface area contributed by atoms with Gasteiger partial charge in [0.1, 0.15) is 5.56 Å². The third-order valence-corrected chi connectivity index (χ3v) is 2.72. The topological polar surface area (TPSA) is 56.0 Å². The Hall–Kier alpha value is -2.49. The predicted molar refractivity (Wildman–Crippen MR) is 62.4 cm³/mol. The Morgan fingerprint density at radius 2 is 1.94 bits per heavy atom. The molecule has 1 aliphatic rings. The Labute approximate surface area is 97.4 Å². The van der Waals surface area contributed by atoms with Crippen LogP contribution in [0.3, 0.4) is 0 Å². The molecule has 82 valence electrons. The Balaban J connectivity index is 2.22. The number of para-hydroxylation sites is 1. The summed E-state index contributed by atoms with van der Waals surface area (Å²) in [6, 6.07) is 10.2. The molecule has 2 aromatic rings. The van der Waals surface area contributed by atoms with E-state index >= 15 is 0 Å². The smallest absolute Gasteiger partial charge is 0.274 e. The van der Waals surface area contributed by atoms with E-state index in [1.54, 1.807) is 42.6 Å². The van der Waals surface area contributed by atoms with Gasteiger partial charge in [0.2, 0.25) is 5.69 Å². The van der Waals surface area contributed by atoms with Crippen molar-refractivity contribution in [2.45, 2.75) is 0 Å². The highest BCUT2D eigenvalue weighted by atomic mass is 16.5. The van der Waals surface area contributed by atoms with Gasteiger partial charge in [0.05, 0.1) is 5.56 Å². The second-order valence-electron chi connectivity index (χ2n) is 3.73. The highest BCUT2D eigenvalue weighted by Gasteiger charge is 2.36. The molecule has 0 radical (unpaired) electrons. The zero-order valence-electron chi connectivity index (χ0n) is 8.83. The van der Waals surface area contributed by atoms with E-state index in [4.69, 9.17) is 0 Å². The molecule has 1 aliphatic heterocycles. The normalized spacial score (nSPS) is 14.0. The van der Waals surface area contributed by atoms with E-state index < -0.39 is 0 Å². The minimum absolute atomic E-state index is 0.138. The van der Waals surface area contributed by atoms with E-state index in [1.165, 1.54) is 6.20 Å². The van der Waals surface area contributed by atoms with E-state index in [-0.39, 0.29) is 11.5 Å². The van der Waals surface area contributed by atoms with E-state index in [0.29, 0.717) is 21.6 Å². The summed E-state index contributed by atoms with van der Waals surface area (Å²) >= 11 is 0. The van der Waals surface area contributed by atoms with Gasteiger partial charge in [-0.05, 0) is 18.2 Å². The number of nitrogens with zero attached hydrogens (tertiary/aromatic N) is 2. The van der Waals surface area contributed by atoms with Gasteiger partial charge in [-0.15, -0.1) is 0 Å². The van der Waals surface area contributed by atoms with Gasteiger partial charge in [-0.3, -0.25) is 9.78 Å². The molecule has 0 fully saturated rings. The lowest BCUT2D eigenvalue weighted by Gasteiger charge is -2.00. The lowest BCUT2D eigenvalue weighted by Crippen LogP contribution is -2.16. The maximum absolute atomic E-state index is 12.1. The zero-order chi connectivity index (χ0) is 11.8. The van der Waals surface area contributed by atoms with Crippen molar-refractivity contribution < 1.29 is 9.53 Å². The molecule has 4 heteroatoms. The first-order chi connectivity index (χ1) is 8.29. The standard InChI is InChI=1S/C13H8N2O2/c16-13-10-5-1-2-6-11(10)15(17)12(13)9-4-3-7-14-8-9/h1-8H. The lowest BCUT2D eigenvalue weighted by molar-refractivity contribution is -0.355. The molecule has 0 unspecified atom stereocenters. The number of hydrogen-bond donors (Lipinski definition) is 0. The molecular formula is C13H8N2O2. The molecule has 0 saturated heterocycles. The number of benzene rings is 1. The highest BCUT2D eigenvalue weighted by molar-refractivity contribution is 6.52. The Bertz CT molecular complexity index is 633. The lowest BCUT2D eigenvalue weighted by atomic mass is 10.0. The Morgan fingerprint density at radius 3 is 2.65 bits per heavy atom. The van der Waals surface area contributed by atoms with Gasteiger partial charge in [0, 0.05) is 18.5 Å². The first kappa shape index (κ1) is 9.72. The number of Topliss-reactive ketones (excluding diaryl/α,β-unsaturated/α-hetero) is 1. The van der Waals surface area contributed by atoms with Crippen molar-refractivity contribution in [2.24, 2.45) is 0 Å². The summed E-state index contributed by atoms with van der Waals surface area (Å²) in [5.41, 5.74) is 1.53. The number of rotatable bonds is 1. The number of ketones is 1. The van der Waals surface area contributed by atoms with Crippen LogP contribution in [0, 0.1) is 5.21 Å². The van der Waals surface area contributed by atoms with Gasteiger partial charge in [-0.2, -0.15) is 4.74 Å². The van der Waals surface area contributed by atoms with Crippen LogP contribution in [-0.4, -0.2) is 21.2 Å². The number of aromatic nitrogens is 1. The zero-order valence-corrected chi connectivity index (χ0v) is 8.83. The molecule has 17 heavy (non-hydrogen) atoms. The third-order valence-electron chi connectivity index (χ3n) is 2.72. The minimum atomic E-state index is -0.247. The molecule has 4 nitrogen and oxygen atoms in total. The average Bonchev–Trinajstić information content (AvgIpc) is 2.64. The first-order valence-corrected chi connectivity index (χ1v) is 5.17. The molecule has 2 heterocycles. The van der Waals surface area contributed by atoms with Crippen molar-refractivity contribution >= 4 is 17.2 Å². The summed E-state index contributed by atoms with van der Waals surface area (Å²) in [6.07, 6.45) is 3.12. The van der Waals surface area contributed by atoms with Crippen LogP contribution in [0.25, 0.3) is 0 Å². The van der Waals surface area contributed by atoms with Crippen LogP contribution < -0.4 is 0 Å². The minimum Gasteiger partial charge on any atom is -0.618 e. The third kappa shape index (κ3) is 1.34. The van der Waals surface area contributed by atoms with Gasteiger partial charge >= 0.3 is 0 Å². The van der Waals surface area contributed by atoms with Gasteiger partial charge in [0.15, 0.2) is 0 Å². The second kappa shape index (κ2) is 3.52. The summed E-state index contributed by atoms with van der Waals surface area (Å²) in [6.45, 7) is 0. The van der Waals surface area contributed by atoms with Crippen LogP contribution in [0.15, 0.2) is 48.8 Å². The monoisotopic (exact) mass is 224 g/mol. The van der Waals surface area contributed by atoms with Gasteiger partial charge < -0.3 is 5.21 Å². The largest absolute Gasteiger partial charge is 0.618 e. The summed E-state index contributed by atoms with van der Waals surface area (Å²) in [4.78, 5) is 16.0. The van der Waals surface area contributed by atoms with Crippen molar-refractivity contribution in [1.82, 2.24) is 4.98 Å². The molecule has 0 N–H and O–H groups in total. The van der Waals surface area contributed by atoms with Crippen LogP contribution in [0.2, 0.25) is 0 Å². The van der Waals surface area contributed by atoms with Gasteiger partial charge in [0.25, 0.3) is 11.5 Å². The fourth-order valence-corrected chi connectivity index (χ4v) is 1.93. The van der Waals surface area contributed by atoms with E-state index in [9.17, 15) is 10.0 Å². The number of carbonyl (C=O) groups excluding carboxylic acids is 1. The molecule has 0 spiro atoms. The van der Waals surface area contributed by atoms with Crippen LogP contribution in [0.4, 0.5) is 5.69 Å². The van der Waals surface area contributed by atoms with Crippen LogP contribution in [0.1, 0.15) is 15.9 Å². The van der Waals surface area contributed by atoms with Crippen LogP contribution >= 0.6 is 0 Å². The fourth-order valence-electron chi connectivity index (χ4n) is 1.93. The number of hydrogen-bond acceptors (Lipinski definition) is 3. The van der Waals surface area contributed by atoms with Crippen molar-refractivity contribution in [3.63, 3.8) is 0 Å². The summed E-state index contributed by atoms with van der Waals surface area (Å²) in [7, 11) is 0. The fraction of sp³-hybridized carbons (Fsp3) is 0. The van der Waals surface area contributed by atoms with E-state index in [1.807, 2.05) is 0 Å².